The number of carbonyl (C=O) groups is 2. The molecule has 5 heteroatoms. The molecule has 1 N–H and O–H groups in total. The first-order chi connectivity index (χ1) is 13.1. The van der Waals surface area contributed by atoms with Gasteiger partial charge in [-0.25, -0.2) is 0 Å². The van der Waals surface area contributed by atoms with E-state index in [1.807, 2.05) is 18.2 Å². The molecule has 0 atom stereocenters. The van der Waals surface area contributed by atoms with Crippen molar-refractivity contribution in [2.24, 2.45) is 0 Å². The maximum atomic E-state index is 13.0. The summed E-state index contributed by atoms with van der Waals surface area (Å²) in [6.45, 7) is 0.673. The predicted molar refractivity (Wildman–Crippen MR) is 108 cm³/mol. The Bertz CT molecular complexity index is 874. The lowest BCUT2D eigenvalue weighted by molar-refractivity contribution is 0.0937. The molecule has 140 valence electrons. The van der Waals surface area contributed by atoms with E-state index in [0.717, 1.165) is 36.9 Å². The number of hydrogen-bond acceptors (Lipinski definition) is 2. The van der Waals surface area contributed by atoms with E-state index >= 15 is 0 Å². The highest BCUT2D eigenvalue weighted by atomic mass is 35.5. The van der Waals surface area contributed by atoms with Gasteiger partial charge in [0.25, 0.3) is 11.8 Å². The second-order valence-corrected chi connectivity index (χ2v) is 7.81. The lowest BCUT2D eigenvalue weighted by Crippen LogP contribution is -2.36. The summed E-state index contributed by atoms with van der Waals surface area (Å²) in [6.07, 6.45) is 6.27. The highest BCUT2D eigenvalue weighted by Gasteiger charge is 2.25. The number of aryl methyl sites for hydroxylation is 1. The van der Waals surface area contributed by atoms with Crippen LogP contribution in [0.25, 0.3) is 0 Å². The minimum Gasteiger partial charge on any atom is -0.349 e. The van der Waals surface area contributed by atoms with Gasteiger partial charge in [-0.05, 0) is 67.6 Å². The van der Waals surface area contributed by atoms with Gasteiger partial charge in [0.15, 0.2) is 0 Å². The Morgan fingerprint density at radius 1 is 1.00 bits per heavy atom. The summed E-state index contributed by atoms with van der Waals surface area (Å²) in [5.41, 5.74) is 3.20. The molecule has 0 saturated heterocycles. The largest absolute Gasteiger partial charge is 0.349 e. The fourth-order valence-corrected chi connectivity index (χ4v) is 4.26. The number of benzene rings is 2. The van der Waals surface area contributed by atoms with Gasteiger partial charge in [-0.3, -0.25) is 9.59 Å². The fraction of sp³-hybridized carbons (Fsp3) is 0.364. The Morgan fingerprint density at radius 3 is 2.59 bits per heavy atom. The van der Waals surface area contributed by atoms with E-state index in [2.05, 4.69) is 5.32 Å². The number of halogens is 1. The number of nitrogens with one attached hydrogen (secondary N) is 1. The van der Waals surface area contributed by atoms with Crippen molar-refractivity contribution in [3.63, 3.8) is 0 Å². The molecule has 1 aliphatic carbocycles. The van der Waals surface area contributed by atoms with Crippen molar-refractivity contribution in [2.45, 2.75) is 44.6 Å². The number of amides is 2. The average molecular weight is 383 g/mol. The molecular formula is C22H23ClN2O2. The van der Waals surface area contributed by atoms with Crippen LogP contribution in [-0.2, 0) is 6.42 Å². The molecule has 0 unspecified atom stereocenters. The van der Waals surface area contributed by atoms with Crippen LogP contribution >= 0.6 is 11.6 Å². The summed E-state index contributed by atoms with van der Waals surface area (Å²) < 4.78 is 0. The molecule has 2 aromatic rings. The number of fused-ring (bicyclic) bond motifs is 1. The van der Waals surface area contributed by atoms with Crippen LogP contribution in [0.1, 0.15) is 58.4 Å². The summed E-state index contributed by atoms with van der Waals surface area (Å²) in [6, 6.07) is 13.0. The van der Waals surface area contributed by atoms with Gasteiger partial charge in [0.05, 0.1) is 0 Å². The van der Waals surface area contributed by atoms with Crippen LogP contribution in [-0.4, -0.2) is 24.4 Å². The Hall–Kier alpha value is -2.33. The molecular weight excluding hydrogens is 360 g/mol. The monoisotopic (exact) mass is 382 g/mol. The Labute approximate surface area is 164 Å². The van der Waals surface area contributed by atoms with Crippen LogP contribution in [0.3, 0.4) is 0 Å². The maximum Gasteiger partial charge on any atom is 0.258 e. The normalized spacial score (nSPS) is 16.9. The Morgan fingerprint density at radius 2 is 1.81 bits per heavy atom. The zero-order valence-electron chi connectivity index (χ0n) is 15.2. The van der Waals surface area contributed by atoms with E-state index in [1.165, 1.54) is 12.8 Å². The Kier molecular flexibility index (Phi) is 5.17. The number of anilines is 1. The first kappa shape index (κ1) is 18.1. The molecule has 0 radical (unpaired) electrons. The molecule has 1 aliphatic heterocycles. The topological polar surface area (TPSA) is 49.4 Å². The van der Waals surface area contributed by atoms with E-state index in [1.54, 1.807) is 29.2 Å². The van der Waals surface area contributed by atoms with Crippen LogP contribution in [0.2, 0.25) is 5.02 Å². The number of nitrogens with zero attached hydrogens (tertiary/aromatic N) is 1. The minimum atomic E-state index is -0.0541. The number of hydrogen-bond donors (Lipinski definition) is 1. The summed E-state index contributed by atoms with van der Waals surface area (Å²) >= 11 is 6.04. The molecule has 2 aromatic carbocycles. The number of rotatable bonds is 3. The van der Waals surface area contributed by atoms with Gasteiger partial charge in [-0.1, -0.05) is 30.5 Å². The molecule has 4 nitrogen and oxygen atoms in total. The van der Waals surface area contributed by atoms with Gasteiger partial charge in [0.2, 0.25) is 0 Å². The third kappa shape index (κ3) is 3.86. The summed E-state index contributed by atoms with van der Waals surface area (Å²) in [5.74, 6) is -0.0652. The molecule has 0 aromatic heterocycles. The summed E-state index contributed by atoms with van der Waals surface area (Å²) in [7, 11) is 0. The molecule has 0 spiro atoms. The molecule has 1 saturated carbocycles. The molecule has 4 rings (SSSR count). The molecule has 1 fully saturated rings. The third-order valence-electron chi connectivity index (χ3n) is 5.47. The SMILES string of the molecule is O=C(NC1CCCC1)c1ccc2c(c1)CCCN2C(=O)c1cccc(Cl)c1. The first-order valence-corrected chi connectivity index (χ1v) is 10.0. The lowest BCUT2D eigenvalue weighted by atomic mass is 9.98. The molecule has 2 aliphatic rings. The smallest absolute Gasteiger partial charge is 0.258 e. The molecule has 0 bridgehead atoms. The van der Waals surface area contributed by atoms with Crippen molar-refractivity contribution in [3.8, 4) is 0 Å². The van der Waals surface area contributed by atoms with Crippen molar-refractivity contribution in [3.05, 3.63) is 64.2 Å². The van der Waals surface area contributed by atoms with Crippen LogP contribution < -0.4 is 10.2 Å². The number of carbonyl (C=O) groups excluding carboxylic acids is 2. The quantitative estimate of drug-likeness (QED) is 0.842. The zero-order chi connectivity index (χ0) is 18.8. The fourth-order valence-electron chi connectivity index (χ4n) is 4.07. The van der Waals surface area contributed by atoms with Crippen LogP contribution in [0.15, 0.2) is 42.5 Å². The highest BCUT2D eigenvalue weighted by molar-refractivity contribution is 6.31. The van der Waals surface area contributed by atoms with E-state index in [0.29, 0.717) is 28.7 Å². The van der Waals surface area contributed by atoms with Gasteiger partial charge < -0.3 is 10.2 Å². The first-order valence-electron chi connectivity index (χ1n) is 9.63. The lowest BCUT2D eigenvalue weighted by Gasteiger charge is -2.30. The van der Waals surface area contributed by atoms with Gasteiger partial charge in [-0.2, -0.15) is 0 Å². The van der Waals surface area contributed by atoms with Gasteiger partial charge in [0, 0.05) is 34.4 Å². The van der Waals surface area contributed by atoms with Crippen molar-refractivity contribution in [2.75, 3.05) is 11.4 Å². The minimum absolute atomic E-state index is 0.0111. The predicted octanol–water partition coefficient (Wildman–Crippen LogP) is 4.61. The van der Waals surface area contributed by atoms with E-state index in [4.69, 9.17) is 11.6 Å². The Balaban J connectivity index is 1.56. The average Bonchev–Trinajstić information content (AvgIpc) is 3.19. The standard InChI is InChI=1S/C22H23ClN2O2/c23-18-7-3-5-17(14-18)22(27)25-12-4-6-15-13-16(10-11-20(15)25)21(26)24-19-8-1-2-9-19/h3,5,7,10-11,13-14,19H,1-2,4,6,8-9,12H2,(H,24,26). The molecule has 2 amide bonds. The summed E-state index contributed by atoms with van der Waals surface area (Å²) in [5, 5.41) is 3.69. The van der Waals surface area contributed by atoms with Gasteiger partial charge >= 0.3 is 0 Å². The molecule has 27 heavy (non-hydrogen) atoms. The van der Waals surface area contributed by atoms with Gasteiger partial charge in [0.1, 0.15) is 0 Å². The van der Waals surface area contributed by atoms with Crippen molar-refractivity contribution in [1.29, 1.82) is 0 Å². The zero-order valence-corrected chi connectivity index (χ0v) is 16.0. The van der Waals surface area contributed by atoms with Crippen LogP contribution in [0.4, 0.5) is 5.69 Å². The van der Waals surface area contributed by atoms with E-state index in [9.17, 15) is 9.59 Å². The maximum absolute atomic E-state index is 13.0. The van der Waals surface area contributed by atoms with Crippen molar-refractivity contribution < 1.29 is 9.59 Å². The third-order valence-corrected chi connectivity index (χ3v) is 5.70. The second kappa shape index (κ2) is 7.73. The van der Waals surface area contributed by atoms with Gasteiger partial charge in [-0.15, -0.1) is 0 Å². The summed E-state index contributed by atoms with van der Waals surface area (Å²) in [4.78, 5) is 27.3. The van der Waals surface area contributed by atoms with Crippen molar-refractivity contribution >= 4 is 29.1 Å². The second-order valence-electron chi connectivity index (χ2n) is 7.37. The van der Waals surface area contributed by atoms with Crippen LogP contribution in [0.5, 0.6) is 0 Å². The van der Waals surface area contributed by atoms with Crippen molar-refractivity contribution in [1.82, 2.24) is 5.32 Å². The van der Waals surface area contributed by atoms with Crippen LogP contribution in [0, 0.1) is 0 Å². The van der Waals surface area contributed by atoms with E-state index in [-0.39, 0.29) is 11.8 Å². The van der Waals surface area contributed by atoms with E-state index < -0.39 is 0 Å². The highest BCUT2D eigenvalue weighted by Crippen LogP contribution is 2.30. The molecule has 1 heterocycles.